The fourth-order valence-electron chi connectivity index (χ4n) is 2.95. The minimum atomic E-state index is -0.645. The molecule has 25 heavy (non-hydrogen) atoms. The standard InChI is InChI=1S/C18H20F2N4O/c1-12-5-6-17(23-22-12)24-9-7-13(8-10-24)18(25)21-11-14-15(19)3-2-4-16(14)20/h2-6,13H,7-11H2,1H3,(H,21,25). The molecule has 0 saturated carbocycles. The normalized spacial score (nSPS) is 15.2. The van der Waals surface area contributed by atoms with Gasteiger partial charge in [0.25, 0.3) is 0 Å². The van der Waals surface area contributed by atoms with Crippen LogP contribution in [0.1, 0.15) is 24.1 Å². The van der Waals surface area contributed by atoms with E-state index in [1.807, 2.05) is 19.1 Å². The van der Waals surface area contributed by atoms with Crippen molar-refractivity contribution < 1.29 is 13.6 Å². The van der Waals surface area contributed by atoms with Gasteiger partial charge in [-0.3, -0.25) is 4.79 Å². The summed E-state index contributed by atoms with van der Waals surface area (Å²) >= 11 is 0. The molecule has 1 fully saturated rings. The summed E-state index contributed by atoms with van der Waals surface area (Å²) in [4.78, 5) is 14.4. The van der Waals surface area contributed by atoms with Crippen molar-refractivity contribution in [2.75, 3.05) is 18.0 Å². The first-order chi connectivity index (χ1) is 12.0. The van der Waals surface area contributed by atoms with Crippen LogP contribution >= 0.6 is 0 Å². The van der Waals surface area contributed by atoms with Crippen molar-refractivity contribution in [1.82, 2.24) is 15.5 Å². The Bertz CT molecular complexity index is 723. The molecule has 1 amide bonds. The number of piperidine rings is 1. The quantitative estimate of drug-likeness (QED) is 0.925. The van der Waals surface area contributed by atoms with Gasteiger partial charge in [-0.1, -0.05) is 6.07 Å². The summed E-state index contributed by atoms with van der Waals surface area (Å²) < 4.78 is 27.2. The van der Waals surface area contributed by atoms with Crippen molar-refractivity contribution in [3.63, 3.8) is 0 Å². The summed E-state index contributed by atoms with van der Waals surface area (Å²) in [6, 6.07) is 7.50. The Balaban J connectivity index is 1.52. The highest BCUT2D eigenvalue weighted by molar-refractivity contribution is 5.79. The maximum Gasteiger partial charge on any atom is 0.223 e. The van der Waals surface area contributed by atoms with Crippen LogP contribution in [-0.2, 0) is 11.3 Å². The molecule has 1 saturated heterocycles. The lowest BCUT2D eigenvalue weighted by atomic mass is 9.96. The Kier molecular flexibility index (Phi) is 5.21. The van der Waals surface area contributed by atoms with Crippen molar-refractivity contribution in [1.29, 1.82) is 0 Å². The minimum Gasteiger partial charge on any atom is -0.355 e. The number of nitrogens with zero attached hydrogens (tertiary/aromatic N) is 3. The molecular formula is C18H20F2N4O. The first kappa shape index (κ1) is 17.3. The van der Waals surface area contributed by atoms with Crippen molar-refractivity contribution in [2.24, 2.45) is 5.92 Å². The Morgan fingerprint density at radius 1 is 1.16 bits per heavy atom. The molecule has 0 radical (unpaired) electrons. The van der Waals surface area contributed by atoms with Crippen LogP contribution in [0.2, 0.25) is 0 Å². The maximum atomic E-state index is 13.6. The van der Waals surface area contributed by atoms with Crippen molar-refractivity contribution >= 4 is 11.7 Å². The van der Waals surface area contributed by atoms with E-state index in [0.29, 0.717) is 25.9 Å². The zero-order chi connectivity index (χ0) is 17.8. The Hall–Kier alpha value is -2.57. The zero-order valence-electron chi connectivity index (χ0n) is 14.0. The van der Waals surface area contributed by atoms with Crippen molar-refractivity contribution in [3.8, 4) is 0 Å². The molecule has 1 aromatic carbocycles. The topological polar surface area (TPSA) is 58.1 Å². The summed E-state index contributed by atoms with van der Waals surface area (Å²) in [5.74, 6) is -0.819. The first-order valence-corrected chi connectivity index (χ1v) is 8.30. The fraction of sp³-hybridized carbons (Fsp3) is 0.389. The summed E-state index contributed by atoms with van der Waals surface area (Å²) in [7, 11) is 0. The van der Waals surface area contributed by atoms with Crippen LogP contribution in [0.25, 0.3) is 0 Å². The van der Waals surface area contributed by atoms with Crippen LogP contribution in [0.4, 0.5) is 14.6 Å². The van der Waals surface area contributed by atoms with E-state index in [0.717, 1.165) is 11.5 Å². The van der Waals surface area contributed by atoms with Gasteiger partial charge in [0.1, 0.15) is 11.6 Å². The SMILES string of the molecule is Cc1ccc(N2CCC(C(=O)NCc3c(F)cccc3F)CC2)nn1. The Labute approximate surface area is 145 Å². The molecule has 2 aromatic rings. The van der Waals surface area contributed by atoms with Gasteiger partial charge in [0.05, 0.1) is 5.69 Å². The second-order valence-corrected chi connectivity index (χ2v) is 6.21. The number of aromatic nitrogens is 2. The zero-order valence-corrected chi connectivity index (χ0v) is 14.0. The van der Waals surface area contributed by atoms with Gasteiger partial charge in [-0.25, -0.2) is 8.78 Å². The molecule has 3 rings (SSSR count). The number of amides is 1. The van der Waals surface area contributed by atoms with E-state index in [4.69, 9.17) is 0 Å². The highest BCUT2D eigenvalue weighted by Gasteiger charge is 2.26. The van der Waals surface area contributed by atoms with Gasteiger partial charge >= 0.3 is 0 Å². The number of hydrogen-bond acceptors (Lipinski definition) is 4. The number of aryl methyl sites for hydroxylation is 1. The lowest BCUT2D eigenvalue weighted by molar-refractivity contribution is -0.125. The maximum absolute atomic E-state index is 13.6. The molecule has 1 aromatic heterocycles. The van der Waals surface area contributed by atoms with E-state index in [1.165, 1.54) is 18.2 Å². The van der Waals surface area contributed by atoms with Gasteiger partial charge in [-0.05, 0) is 44.0 Å². The van der Waals surface area contributed by atoms with E-state index in [2.05, 4.69) is 20.4 Å². The van der Waals surface area contributed by atoms with E-state index in [-0.39, 0.29) is 23.9 Å². The van der Waals surface area contributed by atoms with Crippen LogP contribution in [0.3, 0.4) is 0 Å². The highest BCUT2D eigenvalue weighted by Crippen LogP contribution is 2.22. The molecule has 1 aliphatic rings. The summed E-state index contributed by atoms with van der Waals surface area (Å²) in [6.45, 7) is 3.14. The van der Waals surface area contributed by atoms with Crippen molar-refractivity contribution in [2.45, 2.75) is 26.3 Å². The predicted molar refractivity (Wildman–Crippen MR) is 89.9 cm³/mol. The van der Waals surface area contributed by atoms with E-state index >= 15 is 0 Å². The third-order valence-electron chi connectivity index (χ3n) is 4.47. The van der Waals surface area contributed by atoms with Crippen LogP contribution in [0.5, 0.6) is 0 Å². The third kappa shape index (κ3) is 4.10. The smallest absolute Gasteiger partial charge is 0.223 e. The van der Waals surface area contributed by atoms with E-state index < -0.39 is 11.6 Å². The largest absolute Gasteiger partial charge is 0.355 e. The van der Waals surface area contributed by atoms with Gasteiger partial charge in [-0.15, -0.1) is 5.10 Å². The number of carbonyl (C=O) groups is 1. The minimum absolute atomic E-state index is 0.108. The molecule has 0 spiro atoms. The lowest BCUT2D eigenvalue weighted by Gasteiger charge is -2.31. The van der Waals surface area contributed by atoms with Crippen LogP contribution < -0.4 is 10.2 Å². The number of hydrogen-bond donors (Lipinski definition) is 1. The number of anilines is 1. The van der Waals surface area contributed by atoms with Crippen LogP contribution in [0, 0.1) is 24.5 Å². The van der Waals surface area contributed by atoms with Gasteiger partial charge in [0.2, 0.25) is 5.91 Å². The molecule has 5 nitrogen and oxygen atoms in total. The molecule has 1 aliphatic heterocycles. The second kappa shape index (κ2) is 7.55. The molecule has 0 unspecified atom stereocenters. The fourth-order valence-corrected chi connectivity index (χ4v) is 2.95. The Morgan fingerprint density at radius 3 is 2.44 bits per heavy atom. The molecule has 2 heterocycles. The first-order valence-electron chi connectivity index (χ1n) is 8.30. The average molecular weight is 346 g/mol. The van der Waals surface area contributed by atoms with Crippen LogP contribution in [-0.4, -0.2) is 29.2 Å². The number of carbonyl (C=O) groups excluding carboxylic acids is 1. The summed E-state index contributed by atoms with van der Waals surface area (Å²) in [6.07, 6.45) is 1.34. The molecule has 0 aliphatic carbocycles. The molecule has 7 heteroatoms. The molecule has 1 N–H and O–H groups in total. The van der Waals surface area contributed by atoms with Gasteiger partial charge < -0.3 is 10.2 Å². The highest BCUT2D eigenvalue weighted by atomic mass is 19.1. The third-order valence-corrected chi connectivity index (χ3v) is 4.47. The van der Waals surface area contributed by atoms with E-state index in [9.17, 15) is 13.6 Å². The van der Waals surface area contributed by atoms with E-state index in [1.54, 1.807) is 0 Å². The number of rotatable bonds is 4. The molecule has 0 atom stereocenters. The van der Waals surface area contributed by atoms with Gasteiger partial charge in [0.15, 0.2) is 5.82 Å². The van der Waals surface area contributed by atoms with Crippen molar-refractivity contribution in [3.05, 3.63) is 53.2 Å². The lowest BCUT2D eigenvalue weighted by Crippen LogP contribution is -2.40. The second-order valence-electron chi connectivity index (χ2n) is 6.21. The number of nitrogens with one attached hydrogen (secondary N) is 1. The molecular weight excluding hydrogens is 326 g/mol. The van der Waals surface area contributed by atoms with Gasteiger partial charge in [0, 0.05) is 31.1 Å². The molecule has 0 bridgehead atoms. The number of halogens is 2. The molecule has 132 valence electrons. The average Bonchev–Trinajstić information content (AvgIpc) is 2.62. The predicted octanol–water partition coefficient (Wildman–Crippen LogP) is 2.60. The number of benzene rings is 1. The summed E-state index contributed by atoms with van der Waals surface area (Å²) in [5, 5.41) is 10.9. The Morgan fingerprint density at radius 2 is 1.84 bits per heavy atom. The summed E-state index contributed by atoms with van der Waals surface area (Å²) in [5.41, 5.74) is 0.751. The van der Waals surface area contributed by atoms with Crippen LogP contribution in [0.15, 0.2) is 30.3 Å². The van der Waals surface area contributed by atoms with Gasteiger partial charge in [-0.2, -0.15) is 5.10 Å². The monoisotopic (exact) mass is 346 g/mol.